The monoisotopic (exact) mass is 960 g/mol. The molecule has 0 fully saturated rings. The number of anilines is 2. The average Bonchev–Trinajstić information content (AvgIpc) is 3.78. The molecule has 0 heterocycles. The van der Waals surface area contributed by atoms with Crippen molar-refractivity contribution in [2.45, 2.75) is 53.9 Å². The van der Waals surface area contributed by atoms with Crippen LogP contribution in [0.15, 0.2) is 273 Å². The molecule has 12 rings (SSSR count). The summed E-state index contributed by atoms with van der Waals surface area (Å²) >= 11 is 0. The van der Waals surface area contributed by atoms with Crippen LogP contribution in [0.3, 0.4) is 0 Å². The Labute approximate surface area is 442 Å². The van der Waals surface area contributed by atoms with Gasteiger partial charge in [-0.2, -0.15) is 0 Å². The summed E-state index contributed by atoms with van der Waals surface area (Å²) in [6.45, 7) is 14.4. The van der Waals surface area contributed by atoms with Crippen LogP contribution in [0.2, 0.25) is 0 Å². The molecule has 0 unspecified atom stereocenters. The van der Waals surface area contributed by atoms with Crippen molar-refractivity contribution in [3.63, 3.8) is 0 Å². The van der Waals surface area contributed by atoms with Gasteiger partial charge < -0.3 is 4.90 Å². The standard InChI is InChI=1S/C30H25N.C26H20.C13H12.2C2H6/c1-22-8-7-11-26(20-22)24-14-16-25(17-15-24)29-12-5-6-13-30(29)31(2)28-19-18-23-9-3-4-10-27(23)21-28;1-19-16-17-23-22-14-8-9-15-24(22)26(25(23)18-19,20-10-4-2-5-11-20)21-12-6-3-7-13-21;1-11-7-9-13(10-8-11)12-5-3-2-4-6-12;2*1-2/h3-21H,1-2H3;2-18H,1H3;2-10H,1H3;2*1-2H3. The second-order valence-corrected chi connectivity index (χ2v) is 18.4. The topological polar surface area (TPSA) is 3.24 Å². The zero-order valence-corrected chi connectivity index (χ0v) is 44.4. The number of hydrogen-bond donors (Lipinski definition) is 0. The van der Waals surface area contributed by atoms with Crippen LogP contribution in [0, 0.1) is 20.8 Å². The first-order valence-electron chi connectivity index (χ1n) is 26.3. The third-order valence-corrected chi connectivity index (χ3v) is 13.7. The first-order valence-corrected chi connectivity index (χ1v) is 26.3. The number of aryl methyl sites for hydroxylation is 3. The fourth-order valence-electron chi connectivity index (χ4n) is 10.1. The van der Waals surface area contributed by atoms with E-state index in [4.69, 9.17) is 0 Å². The van der Waals surface area contributed by atoms with E-state index in [2.05, 4.69) is 300 Å². The highest BCUT2D eigenvalue weighted by Gasteiger charge is 2.45. The smallest absolute Gasteiger partial charge is 0.0713 e. The number of benzene rings is 11. The molecule has 0 saturated heterocycles. The van der Waals surface area contributed by atoms with Crippen molar-refractivity contribution in [1.82, 2.24) is 0 Å². The van der Waals surface area contributed by atoms with Gasteiger partial charge in [0, 0.05) is 24.0 Å². The molecule has 0 bridgehead atoms. The Morgan fingerprint density at radius 2 is 0.743 bits per heavy atom. The Kier molecular flexibility index (Phi) is 17.3. The van der Waals surface area contributed by atoms with Crippen molar-refractivity contribution in [3.05, 3.63) is 312 Å². The van der Waals surface area contributed by atoms with Crippen molar-refractivity contribution in [2.24, 2.45) is 0 Å². The first-order chi connectivity index (χ1) is 36.4. The highest BCUT2D eigenvalue weighted by Crippen LogP contribution is 2.56. The third kappa shape index (κ3) is 11.2. The second kappa shape index (κ2) is 24.7. The van der Waals surface area contributed by atoms with Crippen molar-refractivity contribution in [1.29, 1.82) is 0 Å². The van der Waals surface area contributed by atoms with E-state index in [0.29, 0.717) is 0 Å². The second-order valence-electron chi connectivity index (χ2n) is 18.4. The minimum absolute atomic E-state index is 0.263. The lowest BCUT2D eigenvalue weighted by molar-refractivity contribution is 0.767. The Hall–Kier alpha value is -8.52. The summed E-state index contributed by atoms with van der Waals surface area (Å²) < 4.78 is 0. The molecular formula is C73H69N. The minimum Gasteiger partial charge on any atom is -0.344 e. The van der Waals surface area contributed by atoms with Gasteiger partial charge in [0.15, 0.2) is 0 Å². The molecule has 0 spiro atoms. The summed E-state index contributed by atoms with van der Waals surface area (Å²) in [4.78, 5) is 2.27. The zero-order valence-electron chi connectivity index (χ0n) is 44.4. The van der Waals surface area contributed by atoms with Gasteiger partial charge in [-0.25, -0.2) is 0 Å². The number of para-hydroxylation sites is 1. The molecule has 0 atom stereocenters. The maximum atomic E-state index is 2.37. The van der Waals surface area contributed by atoms with Gasteiger partial charge in [-0.05, 0) is 111 Å². The van der Waals surface area contributed by atoms with Gasteiger partial charge in [-0.1, -0.05) is 299 Å². The van der Waals surface area contributed by atoms with Crippen molar-refractivity contribution >= 4 is 22.1 Å². The number of fused-ring (bicyclic) bond motifs is 4. The van der Waals surface area contributed by atoms with Gasteiger partial charge in [0.1, 0.15) is 0 Å². The van der Waals surface area contributed by atoms with Crippen LogP contribution in [-0.2, 0) is 5.41 Å². The summed E-state index contributed by atoms with van der Waals surface area (Å²) in [6.07, 6.45) is 0. The van der Waals surface area contributed by atoms with Crippen LogP contribution in [-0.4, -0.2) is 7.05 Å². The van der Waals surface area contributed by atoms with Gasteiger partial charge in [-0.3, -0.25) is 0 Å². The molecule has 366 valence electrons. The predicted molar refractivity (Wildman–Crippen MR) is 322 cm³/mol. The van der Waals surface area contributed by atoms with Gasteiger partial charge >= 0.3 is 0 Å². The molecule has 11 aromatic rings. The molecule has 0 radical (unpaired) electrons. The molecule has 1 aliphatic carbocycles. The molecular weight excluding hydrogens is 891 g/mol. The lowest BCUT2D eigenvalue weighted by atomic mass is 9.67. The van der Waals surface area contributed by atoms with Gasteiger partial charge in [0.25, 0.3) is 0 Å². The fourth-order valence-corrected chi connectivity index (χ4v) is 10.1. The van der Waals surface area contributed by atoms with Gasteiger partial charge in [0.05, 0.1) is 5.41 Å². The van der Waals surface area contributed by atoms with Crippen LogP contribution in [0.1, 0.15) is 66.6 Å². The van der Waals surface area contributed by atoms with Crippen LogP contribution in [0.25, 0.3) is 55.3 Å². The predicted octanol–water partition coefficient (Wildman–Crippen LogP) is 20.3. The van der Waals surface area contributed by atoms with Crippen molar-refractivity contribution in [3.8, 4) is 44.5 Å². The van der Waals surface area contributed by atoms with Crippen molar-refractivity contribution < 1.29 is 0 Å². The van der Waals surface area contributed by atoms with E-state index in [9.17, 15) is 0 Å². The van der Waals surface area contributed by atoms with Gasteiger partial charge in [0.2, 0.25) is 0 Å². The van der Waals surface area contributed by atoms with E-state index in [1.165, 1.54) is 106 Å². The third-order valence-electron chi connectivity index (χ3n) is 13.7. The molecule has 0 N–H and O–H groups in total. The number of hydrogen-bond acceptors (Lipinski definition) is 1. The highest BCUT2D eigenvalue weighted by molar-refractivity contribution is 5.90. The maximum Gasteiger partial charge on any atom is 0.0713 e. The molecule has 11 aromatic carbocycles. The van der Waals surface area contributed by atoms with E-state index in [1.807, 2.05) is 33.8 Å². The van der Waals surface area contributed by atoms with E-state index < -0.39 is 0 Å². The zero-order chi connectivity index (χ0) is 51.9. The lowest BCUT2D eigenvalue weighted by Crippen LogP contribution is -2.28. The quantitative estimate of drug-likeness (QED) is 0.154. The summed E-state index contributed by atoms with van der Waals surface area (Å²) in [6, 6.07) is 97.9. The summed E-state index contributed by atoms with van der Waals surface area (Å²) in [5.41, 5.74) is 21.6. The largest absolute Gasteiger partial charge is 0.344 e. The van der Waals surface area contributed by atoms with Gasteiger partial charge in [-0.15, -0.1) is 0 Å². The summed E-state index contributed by atoms with van der Waals surface area (Å²) in [7, 11) is 2.14. The first kappa shape index (κ1) is 51.8. The fraction of sp³-hybridized carbons (Fsp3) is 0.123. The molecule has 1 nitrogen and oxygen atoms in total. The summed E-state index contributed by atoms with van der Waals surface area (Å²) in [5.74, 6) is 0. The minimum atomic E-state index is -0.263. The Balaban J connectivity index is 0.000000153. The van der Waals surface area contributed by atoms with E-state index in [-0.39, 0.29) is 5.41 Å². The lowest BCUT2D eigenvalue weighted by Gasteiger charge is -2.34. The molecule has 0 saturated carbocycles. The Bertz CT molecular complexity index is 3460. The average molecular weight is 960 g/mol. The van der Waals surface area contributed by atoms with Crippen LogP contribution >= 0.6 is 0 Å². The van der Waals surface area contributed by atoms with Crippen LogP contribution < -0.4 is 4.90 Å². The SMILES string of the molecule is CC.CC.Cc1ccc(-c2ccccc2)cc1.Cc1ccc2c(c1)C(c1ccccc1)(c1ccccc1)c1ccccc1-2.Cc1cccc(-c2ccc(-c3ccccc3N(C)c3ccc4ccccc4c3)cc2)c1. The van der Waals surface area contributed by atoms with E-state index in [0.717, 1.165) is 0 Å². The Morgan fingerprint density at radius 1 is 0.284 bits per heavy atom. The molecule has 0 aromatic heterocycles. The summed E-state index contributed by atoms with van der Waals surface area (Å²) in [5, 5.41) is 2.52. The number of nitrogens with zero attached hydrogens (tertiary/aromatic N) is 1. The van der Waals surface area contributed by atoms with Crippen LogP contribution in [0.4, 0.5) is 11.4 Å². The Morgan fingerprint density at radius 3 is 1.39 bits per heavy atom. The molecule has 1 heteroatoms. The number of rotatable bonds is 7. The highest BCUT2D eigenvalue weighted by atomic mass is 15.1. The molecule has 0 amide bonds. The van der Waals surface area contributed by atoms with E-state index in [1.54, 1.807) is 0 Å². The maximum absolute atomic E-state index is 2.37. The van der Waals surface area contributed by atoms with Crippen LogP contribution in [0.5, 0.6) is 0 Å². The molecule has 1 aliphatic rings. The normalized spacial score (nSPS) is 11.4. The van der Waals surface area contributed by atoms with E-state index >= 15 is 0 Å². The molecule has 0 aliphatic heterocycles. The molecule has 74 heavy (non-hydrogen) atoms. The van der Waals surface area contributed by atoms with Crippen molar-refractivity contribution in [2.75, 3.05) is 11.9 Å².